The van der Waals surface area contributed by atoms with E-state index in [-0.39, 0.29) is 0 Å². The van der Waals surface area contributed by atoms with Crippen LogP contribution in [-0.2, 0) is 4.79 Å². The van der Waals surface area contributed by atoms with E-state index in [1.807, 2.05) is 0 Å². The molecule has 58 valence electrons. The maximum atomic E-state index is 9.95. The van der Waals surface area contributed by atoms with E-state index in [0.29, 0.717) is 5.69 Å². The first-order valence-corrected chi connectivity index (χ1v) is 3.09. The maximum Gasteiger partial charge on any atom is 0.103 e. The van der Waals surface area contributed by atoms with Gasteiger partial charge in [-0.1, -0.05) is 0 Å². The van der Waals surface area contributed by atoms with Crippen LogP contribution in [0.4, 0.5) is 0 Å². The largest absolute Gasteiger partial charge is 0.545 e. The summed E-state index contributed by atoms with van der Waals surface area (Å²) in [6, 6.07) is 0. The van der Waals surface area contributed by atoms with Crippen LogP contribution in [-0.4, -0.2) is 15.9 Å². The van der Waals surface area contributed by atoms with Crippen molar-refractivity contribution in [1.82, 2.24) is 9.97 Å². The van der Waals surface area contributed by atoms with Gasteiger partial charge in [-0.15, -0.1) is 0 Å². The third kappa shape index (κ3) is 2.25. The van der Waals surface area contributed by atoms with Crippen LogP contribution >= 0.6 is 0 Å². The Morgan fingerprint density at radius 1 is 1.82 bits per heavy atom. The van der Waals surface area contributed by atoms with Crippen molar-refractivity contribution in [3.8, 4) is 0 Å². The zero-order chi connectivity index (χ0) is 8.27. The minimum Gasteiger partial charge on any atom is -0.545 e. The molecule has 1 heterocycles. The Bertz CT molecular complexity index is 288. The summed E-state index contributed by atoms with van der Waals surface area (Å²) in [6.45, 7) is 1.79. The summed E-state index contributed by atoms with van der Waals surface area (Å²) < 4.78 is 0. The third-order valence-electron chi connectivity index (χ3n) is 1.12. The standard InChI is InChI=1S/C7H8N2O2/c1-5-8-4-6(9-5)2-3-7(10)11/h2-4H,1H3,(H,8,9)(H,10,11)/p-1/b3-2+. The number of carbonyl (C=O) groups excluding carboxylic acids is 1. The zero-order valence-electron chi connectivity index (χ0n) is 6.00. The summed E-state index contributed by atoms with van der Waals surface area (Å²) >= 11 is 0. The second-order valence-electron chi connectivity index (χ2n) is 2.08. The van der Waals surface area contributed by atoms with E-state index >= 15 is 0 Å². The molecule has 1 aromatic rings. The fourth-order valence-electron chi connectivity index (χ4n) is 0.682. The van der Waals surface area contributed by atoms with Gasteiger partial charge in [-0.3, -0.25) is 0 Å². The molecule has 1 N–H and O–H groups in total. The van der Waals surface area contributed by atoms with E-state index in [1.54, 1.807) is 13.1 Å². The number of hydrogen-bond acceptors (Lipinski definition) is 3. The van der Waals surface area contributed by atoms with Crippen molar-refractivity contribution in [2.75, 3.05) is 0 Å². The van der Waals surface area contributed by atoms with Crippen LogP contribution in [0.5, 0.6) is 0 Å². The Hall–Kier alpha value is -1.58. The van der Waals surface area contributed by atoms with Gasteiger partial charge in [-0.2, -0.15) is 0 Å². The Labute approximate surface area is 63.6 Å². The van der Waals surface area contributed by atoms with E-state index in [2.05, 4.69) is 9.97 Å². The summed E-state index contributed by atoms with van der Waals surface area (Å²) in [6.07, 6.45) is 3.90. The zero-order valence-corrected chi connectivity index (χ0v) is 6.00. The summed E-state index contributed by atoms with van der Waals surface area (Å²) in [5, 5.41) is 9.95. The molecule has 0 aliphatic heterocycles. The number of aromatic amines is 1. The predicted molar refractivity (Wildman–Crippen MR) is 37.4 cm³/mol. The highest BCUT2D eigenvalue weighted by atomic mass is 16.4. The van der Waals surface area contributed by atoms with Crippen LogP contribution in [0.2, 0.25) is 0 Å². The van der Waals surface area contributed by atoms with Gasteiger partial charge in [0.15, 0.2) is 0 Å². The molecule has 0 aromatic carbocycles. The normalized spacial score (nSPS) is 10.6. The number of aromatic nitrogens is 2. The average Bonchev–Trinajstić information content (AvgIpc) is 2.31. The van der Waals surface area contributed by atoms with Crippen LogP contribution in [0.25, 0.3) is 6.08 Å². The van der Waals surface area contributed by atoms with Gasteiger partial charge in [0.25, 0.3) is 0 Å². The van der Waals surface area contributed by atoms with Crippen LogP contribution in [0, 0.1) is 6.92 Å². The van der Waals surface area contributed by atoms with Crippen molar-refractivity contribution in [3.05, 3.63) is 23.8 Å². The minimum atomic E-state index is -1.21. The lowest BCUT2D eigenvalue weighted by atomic mass is 10.4. The molecule has 0 radical (unpaired) electrons. The molecule has 0 amide bonds. The molecule has 0 saturated heterocycles. The lowest BCUT2D eigenvalue weighted by Crippen LogP contribution is -2.18. The molecule has 0 aliphatic carbocycles. The van der Waals surface area contributed by atoms with Crippen molar-refractivity contribution in [2.45, 2.75) is 6.92 Å². The minimum absolute atomic E-state index is 0.659. The lowest BCUT2D eigenvalue weighted by Gasteiger charge is -1.88. The van der Waals surface area contributed by atoms with Crippen molar-refractivity contribution in [2.24, 2.45) is 0 Å². The summed E-state index contributed by atoms with van der Waals surface area (Å²) in [5.74, 6) is -0.458. The molecule has 0 fully saturated rings. The maximum absolute atomic E-state index is 9.95. The summed E-state index contributed by atoms with van der Waals surface area (Å²) in [5.41, 5.74) is 0.659. The Balaban J connectivity index is 2.71. The molecule has 4 heteroatoms. The number of rotatable bonds is 2. The van der Waals surface area contributed by atoms with Gasteiger partial charge in [0, 0.05) is 0 Å². The highest BCUT2D eigenvalue weighted by Gasteiger charge is 1.88. The van der Waals surface area contributed by atoms with E-state index in [0.717, 1.165) is 11.9 Å². The molecule has 0 unspecified atom stereocenters. The van der Waals surface area contributed by atoms with Gasteiger partial charge >= 0.3 is 0 Å². The summed E-state index contributed by atoms with van der Waals surface area (Å²) in [7, 11) is 0. The number of imidazole rings is 1. The Morgan fingerprint density at radius 2 is 2.55 bits per heavy atom. The van der Waals surface area contributed by atoms with Gasteiger partial charge in [0.2, 0.25) is 0 Å². The Kier molecular flexibility index (Phi) is 2.06. The average molecular weight is 151 g/mol. The fourth-order valence-corrected chi connectivity index (χ4v) is 0.682. The molecule has 0 aliphatic rings. The number of hydrogen-bond donors (Lipinski definition) is 1. The highest BCUT2D eigenvalue weighted by Crippen LogP contribution is 1.96. The molecule has 0 atom stereocenters. The lowest BCUT2D eigenvalue weighted by molar-refractivity contribution is -0.297. The number of H-pyrrole nitrogens is 1. The SMILES string of the molecule is Cc1ncc(/C=C/C(=O)[O-])[nH]1. The quantitative estimate of drug-likeness (QED) is 0.578. The van der Waals surface area contributed by atoms with E-state index in [9.17, 15) is 9.90 Å². The molecule has 1 rings (SSSR count). The first-order chi connectivity index (χ1) is 5.18. The number of carboxylic acids is 1. The van der Waals surface area contributed by atoms with Crippen molar-refractivity contribution in [1.29, 1.82) is 0 Å². The van der Waals surface area contributed by atoms with Crippen molar-refractivity contribution >= 4 is 12.0 Å². The van der Waals surface area contributed by atoms with Crippen LogP contribution < -0.4 is 5.11 Å². The van der Waals surface area contributed by atoms with E-state index in [4.69, 9.17) is 0 Å². The monoisotopic (exact) mass is 151 g/mol. The highest BCUT2D eigenvalue weighted by molar-refractivity contribution is 5.83. The smallest absolute Gasteiger partial charge is 0.103 e. The third-order valence-corrected chi connectivity index (χ3v) is 1.12. The van der Waals surface area contributed by atoms with Crippen LogP contribution in [0.1, 0.15) is 11.5 Å². The molecule has 4 nitrogen and oxygen atoms in total. The number of carbonyl (C=O) groups is 1. The van der Waals surface area contributed by atoms with Crippen molar-refractivity contribution in [3.63, 3.8) is 0 Å². The molecule has 11 heavy (non-hydrogen) atoms. The van der Waals surface area contributed by atoms with E-state index < -0.39 is 5.97 Å². The first kappa shape index (κ1) is 7.53. The van der Waals surface area contributed by atoms with Gasteiger partial charge in [-0.05, 0) is 19.1 Å². The number of aliphatic carboxylic acids is 1. The molecule has 0 bridgehead atoms. The number of nitrogens with one attached hydrogen (secondary N) is 1. The number of carboxylic acid groups (broad SMARTS) is 1. The topological polar surface area (TPSA) is 68.8 Å². The second kappa shape index (κ2) is 3.01. The Morgan fingerprint density at radius 3 is 3.00 bits per heavy atom. The molecular weight excluding hydrogens is 144 g/mol. The molecule has 0 saturated carbocycles. The van der Waals surface area contributed by atoms with Crippen LogP contribution in [0.15, 0.2) is 12.3 Å². The molecular formula is C7H7N2O2-. The number of nitrogens with zero attached hydrogens (tertiary/aromatic N) is 1. The second-order valence-corrected chi connectivity index (χ2v) is 2.08. The predicted octanol–water partition coefficient (Wildman–Crippen LogP) is -0.519. The van der Waals surface area contributed by atoms with Gasteiger partial charge in [0.05, 0.1) is 17.9 Å². The summed E-state index contributed by atoms with van der Waals surface area (Å²) in [4.78, 5) is 16.7. The van der Waals surface area contributed by atoms with Crippen molar-refractivity contribution < 1.29 is 9.90 Å². The van der Waals surface area contributed by atoms with Gasteiger partial charge in [-0.25, -0.2) is 4.98 Å². The molecule has 0 spiro atoms. The van der Waals surface area contributed by atoms with E-state index in [1.165, 1.54) is 6.08 Å². The van der Waals surface area contributed by atoms with Gasteiger partial charge < -0.3 is 14.9 Å². The van der Waals surface area contributed by atoms with Crippen LogP contribution in [0.3, 0.4) is 0 Å². The fraction of sp³-hybridized carbons (Fsp3) is 0.143. The van der Waals surface area contributed by atoms with Gasteiger partial charge in [0.1, 0.15) is 5.82 Å². The number of aryl methyl sites for hydroxylation is 1. The first-order valence-electron chi connectivity index (χ1n) is 3.09. The molecule has 1 aromatic heterocycles.